The molecule has 2 atom stereocenters. The molecule has 0 aromatic heterocycles. The van der Waals surface area contributed by atoms with Crippen LogP contribution in [0.25, 0.3) is 0 Å². The van der Waals surface area contributed by atoms with E-state index in [4.69, 9.17) is 9.47 Å². The lowest BCUT2D eigenvalue weighted by Crippen LogP contribution is -2.25. The number of aliphatic hydroxyl groups excluding tert-OH is 1. The lowest BCUT2D eigenvalue weighted by atomic mass is 10.2. The maximum absolute atomic E-state index is 10.6. The largest absolute Gasteiger partial charge is 0.493 e. The molecular formula is C12H15NO5. The summed E-state index contributed by atoms with van der Waals surface area (Å²) < 4.78 is 10.7. The Hall–Kier alpha value is -1.82. The average Bonchev–Trinajstić information content (AvgIpc) is 2.75. The highest BCUT2D eigenvalue weighted by molar-refractivity contribution is 5.48. The van der Waals surface area contributed by atoms with Gasteiger partial charge >= 0.3 is 0 Å². The van der Waals surface area contributed by atoms with E-state index in [-0.39, 0.29) is 11.8 Å². The predicted octanol–water partition coefficient (Wildman–Crippen LogP) is 1.90. The fraction of sp³-hybridized carbons (Fsp3) is 0.500. The second kappa shape index (κ2) is 5.22. The van der Waals surface area contributed by atoms with Gasteiger partial charge in [0.1, 0.15) is 6.10 Å². The zero-order chi connectivity index (χ0) is 13.1. The zero-order valence-electron chi connectivity index (χ0n) is 10.0. The van der Waals surface area contributed by atoms with Crippen LogP contribution < -0.4 is 9.47 Å². The number of nitrogens with zero attached hydrogens (tertiary/aromatic N) is 1. The third-order valence-electron chi connectivity index (χ3n) is 3.05. The summed E-state index contributed by atoms with van der Waals surface area (Å²) >= 11 is 0. The van der Waals surface area contributed by atoms with E-state index >= 15 is 0 Å². The molecule has 0 heterocycles. The van der Waals surface area contributed by atoms with Gasteiger partial charge in [-0.1, -0.05) is 0 Å². The second-order valence-electron chi connectivity index (χ2n) is 4.25. The van der Waals surface area contributed by atoms with E-state index in [1.54, 1.807) is 0 Å². The predicted molar refractivity (Wildman–Crippen MR) is 63.9 cm³/mol. The minimum absolute atomic E-state index is 0.0498. The molecule has 6 nitrogen and oxygen atoms in total. The highest BCUT2D eigenvalue weighted by Crippen LogP contribution is 2.34. The van der Waals surface area contributed by atoms with Crippen molar-refractivity contribution in [3.05, 3.63) is 28.3 Å². The number of nitro groups is 1. The number of rotatable bonds is 4. The summed E-state index contributed by atoms with van der Waals surface area (Å²) in [6.07, 6.45) is 1.67. The quantitative estimate of drug-likeness (QED) is 0.654. The van der Waals surface area contributed by atoms with Gasteiger partial charge in [0.15, 0.2) is 11.5 Å². The van der Waals surface area contributed by atoms with Crippen molar-refractivity contribution >= 4 is 5.69 Å². The first-order valence-corrected chi connectivity index (χ1v) is 5.79. The van der Waals surface area contributed by atoms with Gasteiger partial charge in [0.2, 0.25) is 0 Å². The van der Waals surface area contributed by atoms with E-state index in [0.717, 1.165) is 19.3 Å². The fourth-order valence-electron chi connectivity index (χ4n) is 2.07. The van der Waals surface area contributed by atoms with Crippen molar-refractivity contribution in [2.75, 3.05) is 7.11 Å². The molecule has 1 saturated carbocycles. The Kier molecular flexibility index (Phi) is 3.66. The molecule has 98 valence electrons. The van der Waals surface area contributed by atoms with Crippen LogP contribution in [0.2, 0.25) is 0 Å². The molecule has 1 aromatic rings. The van der Waals surface area contributed by atoms with E-state index in [0.29, 0.717) is 11.5 Å². The normalized spacial score (nSPS) is 22.8. The molecule has 0 radical (unpaired) electrons. The Morgan fingerprint density at radius 3 is 2.72 bits per heavy atom. The number of benzene rings is 1. The molecule has 1 aromatic carbocycles. The van der Waals surface area contributed by atoms with Crippen molar-refractivity contribution in [1.29, 1.82) is 0 Å². The van der Waals surface area contributed by atoms with Crippen LogP contribution in [-0.2, 0) is 0 Å². The number of aliphatic hydroxyl groups is 1. The van der Waals surface area contributed by atoms with E-state index in [1.165, 1.54) is 25.3 Å². The summed E-state index contributed by atoms with van der Waals surface area (Å²) in [4.78, 5) is 10.2. The van der Waals surface area contributed by atoms with Gasteiger partial charge in [-0.15, -0.1) is 0 Å². The maximum Gasteiger partial charge on any atom is 0.273 e. The Morgan fingerprint density at radius 2 is 2.17 bits per heavy atom. The molecule has 0 saturated heterocycles. The van der Waals surface area contributed by atoms with Crippen molar-refractivity contribution < 1.29 is 19.5 Å². The maximum atomic E-state index is 10.6. The van der Waals surface area contributed by atoms with Crippen molar-refractivity contribution in [3.63, 3.8) is 0 Å². The Balaban J connectivity index is 2.19. The number of hydrogen-bond acceptors (Lipinski definition) is 5. The van der Waals surface area contributed by atoms with Crippen molar-refractivity contribution in [3.8, 4) is 11.5 Å². The van der Waals surface area contributed by atoms with Crippen LogP contribution in [0.5, 0.6) is 11.5 Å². The van der Waals surface area contributed by atoms with Gasteiger partial charge in [-0.3, -0.25) is 10.1 Å². The lowest BCUT2D eigenvalue weighted by Gasteiger charge is -2.18. The molecule has 1 fully saturated rings. The van der Waals surface area contributed by atoms with E-state index < -0.39 is 11.0 Å². The Morgan fingerprint density at radius 1 is 1.39 bits per heavy atom. The van der Waals surface area contributed by atoms with Gasteiger partial charge in [-0.2, -0.15) is 0 Å². The molecule has 1 aliphatic rings. The zero-order valence-corrected chi connectivity index (χ0v) is 10.0. The number of methoxy groups -OCH3 is 1. The van der Waals surface area contributed by atoms with Crippen LogP contribution >= 0.6 is 0 Å². The van der Waals surface area contributed by atoms with Gasteiger partial charge in [0.05, 0.1) is 24.2 Å². The summed E-state index contributed by atoms with van der Waals surface area (Å²) in [5, 5.41) is 20.3. The topological polar surface area (TPSA) is 81.8 Å². The summed E-state index contributed by atoms with van der Waals surface area (Å²) in [5.41, 5.74) is -0.0498. The molecule has 0 amide bonds. The molecule has 1 aliphatic carbocycles. The molecule has 2 rings (SSSR count). The summed E-state index contributed by atoms with van der Waals surface area (Å²) in [6, 6.07) is 4.18. The van der Waals surface area contributed by atoms with Crippen LogP contribution in [0.1, 0.15) is 19.3 Å². The Labute approximate surface area is 104 Å². The van der Waals surface area contributed by atoms with E-state index in [1.807, 2.05) is 0 Å². The van der Waals surface area contributed by atoms with Gasteiger partial charge in [0.25, 0.3) is 5.69 Å². The third-order valence-corrected chi connectivity index (χ3v) is 3.05. The average molecular weight is 253 g/mol. The minimum Gasteiger partial charge on any atom is -0.493 e. The monoisotopic (exact) mass is 253 g/mol. The molecule has 0 bridgehead atoms. The van der Waals surface area contributed by atoms with E-state index in [9.17, 15) is 15.2 Å². The van der Waals surface area contributed by atoms with Gasteiger partial charge in [-0.25, -0.2) is 0 Å². The van der Waals surface area contributed by atoms with Crippen LogP contribution in [0.3, 0.4) is 0 Å². The molecule has 6 heteroatoms. The first kappa shape index (κ1) is 12.6. The first-order valence-electron chi connectivity index (χ1n) is 5.79. The van der Waals surface area contributed by atoms with Crippen molar-refractivity contribution in [2.45, 2.75) is 31.5 Å². The molecule has 18 heavy (non-hydrogen) atoms. The molecule has 1 N–H and O–H groups in total. The number of nitro benzene ring substituents is 1. The van der Waals surface area contributed by atoms with Crippen LogP contribution in [0, 0.1) is 10.1 Å². The first-order chi connectivity index (χ1) is 8.61. The summed E-state index contributed by atoms with van der Waals surface area (Å²) in [6.45, 7) is 0. The number of ether oxygens (including phenoxy) is 2. The highest BCUT2D eigenvalue weighted by atomic mass is 16.6. The summed E-state index contributed by atoms with van der Waals surface area (Å²) in [5.74, 6) is 0.734. The number of non-ortho nitro benzene ring substituents is 1. The second-order valence-corrected chi connectivity index (χ2v) is 4.25. The lowest BCUT2D eigenvalue weighted by molar-refractivity contribution is -0.385. The van der Waals surface area contributed by atoms with Gasteiger partial charge < -0.3 is 14.6 Å². The van der Waals surface area contributed by atoms with E-state index in [2.05, 4.69) is 0 Å². The highest BCUT2D eigenvalue weighted by Gasteiger charge is 2.28. The van der Waals surface area contributed by atoms with Gasteiger partial charge in [0, 0.05) is 6.07 Å². The summed E-state index contributed by atoms with van der Waals surface area (Å²) in [7, 11) is 1.43. The molecular weight excluding hydrogens is 238 g/mol. The van der Waals surface area contributed by atoms with Gasteiger partial charge in [-0.05, 0) is 25.3 Å². The van der Waals surface area contributed by atoms with Crippen LogP contribution in [0.4, 0.5) is 5.69 Å². The van der Waals surface area contributed by atoms with Crippen molar-refractivity contribution in [1.82, 2.24) is 0 Å². The van der Waals surface area contributed by atoms with Crippen molar-refractivity contribution in [2.24, 2.45) is 0 Å². The number of hydrogen-bond donors (Lipinski definition) is 1. The third kappa shape index (κ3) is 2.53. The molecule has 0 aliphatic heterocycles. The van der Waals surface area contributed by atoms with Crippen LogP contribution in [-0.4, -0.2) is 29.3 Å². The molecule has 0 spiro atoms. The van der Waals surface area contributed by atoms with Crippen LogP contribution in [0.15, 0.2) is 18.2 Å². The fourth-order valence-corrected chi connectivity index (χ4v) is 2.07. The standard InChI is InChI=1S/C12H15NO5/c1-17-12-7-8(13(15)16)5-6-11(12)18-10-4-2-3-9(10)14/h5-7,9-10,14H,2-4H2,1H3/t9-,10-/m1/s1. The smallest absolute Gasteiger partial charge is 0.273 e. The minimum atomic E-state index is -0.489. The Bertz CT molecular complexity index is 448. The SMILES string of the molecule is COc1cc([N+](=O)[O-])ccc1O[C@@H]1CCC[C@H]1O. The molecule has 0 unspecified atom stereocenters.